The lowest BCUT2D eigenvalue weighted by Gasteiger charge is -2.21. The van der Waals surface area contributed by atoms with Crippen molar-refractivity contribution in [1.82, 2.24) is 10.2 Å². The summed E-state index contributed by atoms with van der Waals surface area (Å²) in [5.74, 6) is 0. The van der Waals surface area contributed by atoms with Crippen LogP contribution in [0.3, 0.4) is 0 Å². The summed E-state index contributed by atoms with van der Waals surface area (Å²) in [6.07, 6.45) is 11.4. The van der Waals surface area contributed by atoms with Gasteiger partial charge < -0.3 is 10.2 Å². The van der Waals surface area contributed by atoms with Crippen molar-refractivity contribution >= 4 is 0 Å². The third-order valence-corrected chi connectivity index (χ3v) is 3.30. The Morgan fingerprint density at radius 1 is 1.36 bits per heavy atom. The molecule has 0 aromatic rings. The van der Waals surface area contributed by atoms with E-state index in [1.807, 2.05) is 0 Å². The summed E-state index contributed by atoms with van der Waals surface area (Å²) in [5, 5.41) is 3.61. The first kappa shape index (κ1) is 10.2. The molecule has 0 saturated heterocycles. The van der Waals surface area contributed by atoms with E-state index in [1.165, 1.54) is 38.6 Å². The average molecular weight is 194 g/mol. The molecule has 0 spiro atoms. The van der Waals surface area contributed by atoms with Gasteiger partial charge in [0.2, 0.25) is 0 Å². The molecule has 2 heteroatoms. The molecule has 1 fully saturated rings. The Balaban J connectivity index is 1.57. The lowest BCUT2D eigenvalue weighted by atomic mass is 10.0. The molecule has 0 aromatic carbocycles. The zero-order valence-electron chi connectivity index (χ0n) is 9.21. The summed E-state index contributed by atoms with van der Waals surface area (Å²) in [5.41, 5.74) is 0. The maximum Gasteiger partial charge on any atom is 0.0250 e. The van der Waals surface area contributed by atoms with E-state index >= 15 is 0 Å². The van der Waals surface area contributed by atoms with Gasteiger partial charge in [0, 0.05) is 25.2 Å². The first-order valence-electron chi connectivity index (χ1n) is 5.96. The Hall–Kier alpha value is -0.340. The summed E-state index contributed by atoms with van der Waals surface area (Å²) < 4.78 is 0. The van der Waals surface area contributed by atoms with Crippen LogP contribution in [-0.4, -0.2) is 37.1 Å². The molecular formula is C12H22N2. The van der Waals surface area contributed by atoms with Crippen molar-refractivity contribution in [2.75, 3.05) is 20.1 Å². The summed E-state index contributed by atoms with van der Waals surface area (Å²) >= 11 is 0. The van der Waals surface area contributed by atoms with Gasteiger partial charge >= 0.3 is 0 Å². The molecule has 2 aliphatic rings. The Labute approximate surface area is 87.4 Å². The zero-order chi connectivity index (χ0) is 9.80. The maximum absolute atomic E-state index is 3.61. The van der Waals surface area contributed by atoms with Crippen molar-refractivity contribution in [2.24, 2.45) is 0 Å². The maximum atomic E-state index is 3.61. The lowest BCUT2D eigenvalue weighted by Crippen LogP contribution is -2.36. The van der Waals surface area contributed by atoms with Gasteiger partial charge in [-0.05, 0) is 39.2 Å². The van der Waals surface area contributed by atoms with Crippen LogP contribution >= 0.6 is 0 Å². The van der Waals surface area contributed by atoms with E-state index in [0.29, 0.717) is 6.04 Å². The zero-order valence-corrected chi connectivity index (χ0v) is 9.21. The Morgan fingerprint density at radius 2 is 2.21 bits per heavy atom. The average Bonchev–Trinajstić information content (AvgIpc) is 3.02. The van der Waals surface area contributed by atoms with Crippen LogP contribution in [0.2, 0.25) is 0 Å². The van der Waals surface area contributed by atoms with Crippen molar-refractivity contribution in [2.45, 2.75) is 44.2 Å². The predicted molar refractivity (Wildman–Crippen MR) is 60.4 cm³/mol. The van der Waals surface area contributed by atoms with Gasteiger partial charge in [-0.2, -0.15) is 0 Å². The minimum atomic E-state index is 0.649. The van der Waals surface area contributed by atoms with Gasteiger partial charge in [0.25, 0.3) is 0 Å². The van der Waals surface area contributed by atoms with E-state index < -0.39 is 0 Å². The second-order valence-corrected chi connectivity index (χ2v) is 4.63. The molecule has 2 rings (SSSR count). The SMILES string of the molecule is CN(CCNC1C=CCCC1)C1CC1. The highest BCUT2D eigenvalue weighted by Crippen LogP contribution is 2.24. The molecule has 1 unspecified atom stereocenters. The molecule has 1 atom stereocenters. The number of nitrogens with one attached hydrogen (secondary N) is 1. The van der Waals surface area contributed by atoms with Crippen LogP contribution in [-0.2, 0) is 0 Å². The van der Waals surface area contributed by atoms with Crippen LogP contribution in [0.5, 0.6) is 0 Å². The van der Waals surface area contributed by atoms with E-state index in [-0.39, 0.29) is 0 Å². The number of rotatable bonds is 5. The molecule has 1 saturated carbocycles. The van der Waals surface area contributed by atoms with E-state index in [4.69, 9.17) is 0 Å². The molecular weight excluding hydrogens is 172 g/mol. The van der Waals surface area contributed by atoms with Crippen LogP contribution in [0.1, 0.15) is 32.1 Å². The molecule has 14 heavy (non-hydrogen) atoms. The van der Waals surface area contributed by atoms with Gasteiger partial charge in [-0.3, -0.25) is 0 Å². The first-order chi connectivity index (χ1) is 6.86. The number of nitrogens with zero attached hydrogens (tertiary/aromatic N) is 1. The minimum absolute atomic E-state index is 0.649. The van der Waals surface area contributed by atoms with Crippen molar-refractivity contribution < 1.29 is 0 Å². The van der Waals surface area contributed by atoms with Crippen LogP contribution in [0, 0.1) is 0 Å². The molecule has 1 N–H and O–H groups in total. The van der Waals surface area contributed by atoms with Gasteiger partial charge in [0.05, 0.1) is 0 Å². The second kappa shape index (κ2) is 4.94. The molecule has 0 heterocycles. The van der Waals surface area contributed by atoms with Gasteiger partial charge in [-0.25, -0.2) is 0 Å². The molecule has 2 nitrogen and oxygen atoms in total. The summed E-state index contributed by atoms with van der Waals surface area (Å²) in [6.45, 7) is 2.34. The highest BCUT2D eigenvalue weighted by atomic mass is 15.2. The quantitative estimate of drug-likeness (QED) is 0.671. The van der Waals surface area contributed by atoms with Crippen LogP contribution in [0.25, 0.3) is 0 Å². The second-order valence-electron chi connectivity index (χ2n) is 4.63. The monoisotopic (exact) mass is 194 g/mol. The summed E-state index contributed by atoms with van der Waals surface area (Å²) in [7, 11) is 2.25. The van der Waals surface area contributed by atoms with Crippen LogP contribution in [0.4, 0.5) is 0 Å². The van der Waals surface area contributed by atoms with Gasteiger partial charge in [0.1, 0.15) is 0 Å². The van der Waals surface area contributed by atoms with Gasteiger partial charge in [-0.1, -0.05) is 12.2 Å². The number of hydrogen-bond acceptors (Lipinski definition) is 2. The molecule has 2 aliphatic carbocycles. The lowest BCUT2D eigenvalue weighted by molar-refractivity contribution is 0.316. The molecule has 0 radical (unpaired) electrons. The molecule has 0 aliphatic heterocycles. The molecule has 0 bridgehead atoms. The Kier molecular flexibility index (Phi) is 3.60. The fourth-order valence-corrected chi connectivity index (χ4v) is 2.11. The van der Waals surface area contributed by atoms with Gasteiger partial charge in [0.15, 0.2) is 0 Å². The van der Waals surface area contributed by atoms with Crippen molar-refractivity contribution in [3.8, 4) is 0 Å². The smallest absolute Gasteiger partial charge is 0.0250 e. The fraction of sp³-hybridized carbons (Fsp3) is 0.833. The fourth-order valence-electron chi connectivity index (χ4n) is 2.11. The molecule has 0 aromatic heterocycles. The first-order valence-corrected chi connectivity index (χ1v) is 5.96. The Morgan fingerprint density at radius 3 is 2.86 bits per heavy atom. The van der Waals surface area contributed by atoms with Gasteiger partial charge in [-0.15, -0.1) is 0 Å². The predicted octanol–water partition coefficient (Wildman–Crippen LogP) is 1.78. The van der Waals surface area contributed by atoms with E-state index in [0.717, 1.165) is 12.6 Å². The van der Waals surface area contributed by atoms with Crippen molar-refractivity contribution in [3.63, 3.8) is 0 Å². The number of likely N-dealkylation sites (N-methyl/N-ethyl adjacent to an activating group) is 1. The van der Waals surface area contributed by atoms with E-state index in [2.05, 4.69) is 29.4 Å². The third-order valence-electron chi connectivity index (χ3n) is 3.30. The minimum Gasteiger partial charge on any atom is -0.309 e. The topological polar surface area (TPSA) is 15.3 Å². The highest BCUT2D eigenvalue weighted by molar-refractivity contribution is 4.97. The van der Waals surface area contributed by atoms with Crippen molar-refractivity contribution in [1.29, 1.82) is 0 Å². The number of hydrogen-bond donors (Lipinski definition) is 1. The van der Waals surface area contributed by atoms with Crippen LogP contribution in [0.15, 0.2) is 12.2 Å². The molecule has 0 amide bonds. The normalized spacial score (nSPS) is 27.1. The number of allylic oxidation sites excluding steroid dienone is 1. The Bertz CT molecular complexity index is 196. The standard InChI is InChI=1S/C12H22N2/c1-14(12-7-8-12)10-9-13-11-5-3-2-4-6-11/h3,5,11-13H,2,4,6-10H2,1H3. The van der Waals surface area contributed by atoms with E-state index in [9.17, 15) is 0 Å². The van der Waals surface area contributed by atoms with E-state index in [1.54, 1.807) is 0 Å². The largest absolute Gasteiger partial charge is 0.309 e. The summed E-state index contributed by atoms with van der Waals surface area (Å²) in [4.78, 5) is 2.49. The highest BCUT2D eigenvalue weighted by Gasteiger charge is 2.25. The van der Waals surface area contributed by atoms with Crippen LogP contribution < -0.4 is 5.32 Å². The van der Waals surface area contributed by atoms with Crippen molar-refractivity contribution in [3.05, 3.63) is 12.2 Å². The third kappa shape index (κ3) is 3.10. The summed E-state index contributed by atoms with van der Waals surface area (Å²) in [6, 6.07) is 1.55. The molecule has 80 valence electrons.